The van der Waals surface area contributed by atoms with Gasteiger partial charge in [0, 0.05) is 24.8 Å². The lowest BCUT2D eigenvalue weighted by Gasteiger charge is -2.27. The summed E-state index contributed by atoms with van der Waals surface area (Å²) in [6.07, 6.45) is 1.19. The van der Waals surface area contributed by atoms with Crippen molar-refractivity contribution >= 4 is 5.69 Å². The van der Waals surface area contributed by atoms with E-state index in [1.54, 1.807) is 6.07 Å². The maximum Gasteiger partial charge on any atom is 0.126 e. The van der Waals surface area contributed by atoms with Gasteiger partial charge in [0.1, 0.15) is 5.82 Å². The van der Waals surface area contributed by atoms with Crippen LogP contribution in [-0.4, -0.2) is 20.1 Å². The summed E-state index contributed by atoms with van der Waals surface area (Å²) in [6, 6.07) is 3.85. The Kier molecular flexibility index (Phi) is 3.86. The fourth-order valence-electron chi connectivity index (χ4n) is 2.78. The fourth-order valence-corrected chi connectivity index (χ4v) is 2.78. The number of aryl methyl sites for hydroxylation is 1. The molecule has 3 heteroatoms. The van der Waals surface area contributed by atoms with Crippen LogP contribution in [0.1, 0.15) is 44.4 Å². The van der Waals surface area contributed by atoms with Crippen molar-refractivity contribution in [1.82, 2.24) is 5.32 Å². The lowest BCUT2D eigenvalue weighted by Crippen LogP contribution is -2.26. The maximum atomic E-state index is 13.8. The molecule has 1 atom stereocenters. The Morgan fingerprint density at radius 2 is 2.05 bits per heavy atom. The minimum atomic E-state index is -0.112. The van der Waals surface area contributed by atoms with Crippen LogP contribution in [0, 0.1) is 18.2 Å². The summed E-state index contributed by atoms with van der Waals surface area (Å²) in [7, 11) is 1.92. The number of anilines is 1. The van der Waals surface area contributed by atoms with Crippen molar-refractivity contribution in [2.75, 3.05) is 25.0 Å². The van der Waals surface area contributed by atoms with E-state index in [9.17, 15) is 4.39 Å². The van der Waals surface area contributed by atoms with Crippen LogP contribution in [0.3, 0.4) is 0 Å². The van der Waals surface area contributed by atoms with Crippen molar-refractivity contribution in [3.63, 3.8) is 0 Å². The van der Waals surface area contributed by atoms with Crippen molar-refractivity contribution in [1.29, 1.82) is 0 Å². The van der Waals surface area contributed by atoms with E-state index in [2.05, 4.69) is 31.0 Å². The second-order valence-electron chi connectivity index (χ2n) is 6.51. The predicted molar refractivity (Wildman–Crippen MR) is 79.2 cm³/mol. The highest BCUT2D eigenvalue weighted by Crippen LogP contribution is 2.36. The molecule has 0 amide bonds. The Balaban J connectivity index is 2.41. The van der Waals surface area contributed by atoms with Crippen LogP contribution in [-0.2, 0) is 0 Å². The zero-order valence-corrected chi connectivity index (χ0v) is 12.7. The Morgan fingerprint density at radius 1 is 1.37 bits per heavy atom. The van der Waals surface area contributed by atoms with Gasteiger partial charge in [0.05, 0.1) is 0 Å². The van der Waals surface area contributed by atoms with Crippen molar-refractivity contribution in [3.05, 3.63) is 29.1 Å². The average molecular weight is 264 g/mol. The molecule has 1 aliphatic rings. The van der Waals surface area contributed by atoms with Gasteiger partial charge >= 0.3 is 0 Å². The van der Waals surface area contributed by atoms with Gasteiger partial charge in [-0.25, -0.2) is 4.39 Å². The van der Waals surface area contributed by atoms with Gasteiger partial charge in [-0.2, -0.15) is 0 Å². The van der Waals surface area contributed by atoms with E-state index in [1.165, 1.54) is 12.1 Å². The summed E-state index contributed by atoms with van der Waals surface area (Å²) < 4.78 is 13.8. The lowest BCUT2D eigenvalue weighted by atomic mass is 9.93. The minimum Gasteiger partial charge on any atom is -0.371 e. The first-order valence-electron chi connectivity index (χ1n) is 7.06. The van der Waals surface area contributed by atoms with E-state index in [1.807, 2.05) is 20.0 Å². The molecule has 1 fully saturated rings. The predicted octanol–water partition coefficient (Wildman–Crippen LogP) is 3.65. The highest BCUT2D eigenvalue weighted by Gasteiger charge is 2.31. The molecule has 1 aromatic rings. The van der Waals surface area contributed by atoms with Crippen LogP contribution in [0.5, 0.6) is 0 Å². The van der Waals surface area contributed by atoms with Crippen LogP contribution < -0.4 is 10.2 Å². The SMILES string of the molecule is CNC(C)c1cc(F)c(C)cc1N1CCC(C)(C)C1. The first-order chi connectivity index (χ1) is 8.84. The molecular formula is C16H25FN2. The quantitative estimate of drug-likeness (QED) is 0.896. The summed E-state index contributed by atoms with van der Waals surface area (Å²) in [6.45, 7) is 10.6. The molecule has 0 saturated carbocycles. The van der Waals surface area contributed by atoms with Crippen molar-refractivity contribution in [2.24, 2.45) is 5.41 Å². The van der Waals surface area contributed by atoms with Crippen LogP contribution >= 0.6 is 0 Å². The van der Waals surface area contributed by atoms with Crippen molar-refractivity contribution in [2.45, 2.75) is 40.2 Å². The van der Waals surface area contributed by atoms with E-state index in [0.717, 1.165) is 24.2 Å². The molecule has 0 aromatic heterocycles. The Morgan fingerprint density at radius 3 is 2.58 bits per heavy atom. The zero-order chi connectivity index (χ0) is 14.2. The fraction of sp³-hybridized carbons (Fsp3) is 0.625. The normalized spacial score (nSPS) is 19.8. The molecule has 1 heterocycles. The second-order valence-corrected chi connectivity index (χ2v) is 6.51. The molecule has 1 unspecified atom stereocenters. The molecule has 1 aliphatic heterocycles. The van der Waals surface area contributed by atoms with Gasteiger partial charge in [0.2, 0.25) is 0 Å². The molecule has 2 rings (SSSR count). The maximum absolute atomic E-state index is 13.8. The number of hydrogen-bond donors (Lipinski definition) is 1. The Hall–Kier alpha value is -1.09. The first kappa shape index (κ1) is 14.3. The van der Waals surface area contributed by atoms with Gasteiger partial charge in [0.25, 0.3) is 0 Å². The number of nitrogens with zero attached hydrogens (tertiary/aromatic N) is 1. The molecule has 0 bridgehead atoms. The number of halogens is 1. The summed E-state index contributed by atoms with van der Waals surface area (Å²) in [5.41, 5.74) is 3.32. The molecule has 0 spiro atoms. The number of benzene rings is 1. The van der Waals surface area contributed by atoms with Crippen LogP contribution in [0.2, 0.25) is 0 Å². The van der Waals surface area contributed by atoms with Crippen LogP contribution in [0.4, 0.5) is 10.1 Å². The minimum absolute atomic E-state index is 0.112. The van der Waals surface area contributed by atoms with Crippen molar-refractivity contribution < 1.29 is 4.39 Å². The van der Waals surface area contributed by atoms with Gasteiger partial charge in [-0.05, 0) is 56.0 Å². The van der Waals surface area contributed by atoms with Crippen LogP contribution in [0.15, 0.2) is 12.1 Å². The Labute approximate surface area is 116 Å². The third kappa shape index (κ3) is 2.92. The van der Waals surface area contributed by atoms with Crippen molar-refractivity contribution in [3.8, 4) is 0 Å². The molecule has 1 saturated heterocycles. The number of rotatable bonds is 3. The smallest absolute Gasteiger partial charge is 0.126 e. The summed E-state index contributed by atoms with van der Waals surface area (Å²) in [4.78, 5) is 2.40. The monoisotopic (exact) mass is 264 g/mol. The van der Waals surface area contributed by atoms with E-state index >= 15 is 0 Å². The standard InChI is InChI=1S/C16H25FN2/c1-11-8-15(19-7-6-16(3,4)10-19)13(9-14(11)17)12(2)18-5/h8-9,12,18H,6-7,10H2,1-5H3. The first-order valence-corrected chi connectivity index (χ1v) is 7.06. The lowest BCUT2D eigenvalue weighted by molar-refractivity contribution is 0.418. The molecule has 1 N–H and O–H groups in total. The third-order valence-corrected chi connectivity index (χ3v) is 4.23. The highest BCUT2D eigenvalue weighted by atomic mass is 19.1. The average Bonchev–Trinajstić information content (AvgIpc) is 2.71. The molecule has 19 heavy (non-hydrogen) atoms. The zero-order valence-electron chi connectivity index (χ0n) is 12.7. The summed E-state index contributed by atoms with van der Waals surface area (Å²) in [5, 5.41) is 3.22. The van der Waals surface area contributed by atoms with E-state index in [4.69, 9.17) is 0 Å². The van der Waals surface area contributed by atoms with Crippen LogP contribution in [0.25, 0.3) is 0 Å². The molecule has 0 radical (unpaired) electrons. The molecule has 1 aromatic carbocycles. The van der Waals surface area contributed by atoms with Gasteiger partial charge in [-0.3, -0.25) is 0 Å². The molecule has 106 valence electrons. The van der Waals surface area contributed by atoms with E-state index < -0.39 is 0 Å². The van der Waals surface area contributed by atoms with E-state index in [-0.39, 0.29) is 11.9 Å². The van der Waals surface area contributed by atoms with Gasteiger partial charge in [0.15, 0.2) is 0 Å². The summed E-state index contributed by atoms with van der Waals surface area (Å²) >= 11 is 0. The topological polar surface area (TPSA) is 15.3 Å². The summed E-state index contributed by atoms with van der Waals surface area (Å²) in [5.74, 6) is -0.112. The Bertz CT molecular complexity index is 468. The number of nitrogens with one attached hydrogen (secondary N) is 1. The molecular weight excluding hydrogens is 239 g/mol. The molecule has 0 aliphatic carbocycles. The third-order valence-electron chi connectivity index (χ3n) is 4.23. The van der Waals surface area contributed by atoms with Gasteiger partial charge in [-0.15, -0.1) is 0 Å². The molecule has 2 nitrogen and oxygen atoms in total. The highest BCUT2D eigenvalue weighted by molar-refractivity contribution is 5.58. The van der Waals surface area contributed by atoms with E-state index in [0.29, 0.717) is 5.41 Å². The second kappa shape index (κ2) is 5.12. The van der Waals surface area contributed by atoms with Gasteiger partial charge in [-0.1, -0.05) is 13.8 Å². The van der Waals surface area contributed by atoms with Gasteiger partial charge < -0.3 is 10.2 Å². The number of hydrogen-bond acceptors (Lipinski definition) is 2. The largest absolute Gasteiger partial charge is 0.371 e.